The molecule has 1 fully saturated rings. The normalized spacial score (nSPS) is 16.3. The number of carbonyl (C=O) groups excluding carboxylic acids is 2. The average molecular weight is 428 g/mol. The second-order valence-electron chi connectivity index (χ2n) is 7.02. The molecule has 29 heavy (non-hydrogen) atoms. The zero-order valence-electron chi connectivity index (χ0n) is 17.2. The highest BCUT2D eigenvalue weighted by molar-refractivity contribution is 7.89. The number of rotatable bonds is 8. The Kier molecular flexibility index (Phi) is 8.00. The third-order valence-corrected chi connectivity index (χ3v) is 6.33. The summed E-state index contributed by atoms with van der Waals surface area (Å²) in [5.74, 6) is -0.660. The van der Waals surface area contributed by atoms with E-state index in [2.05, 4.69) is 10.6 Å². The SMILES string of the molecule is CCOc1ccc(NC(=O)[C@H](NC(C)=O)C(C)C)cc1S(=O)(=O)N1CCOCC1. The van der Waals surface area contributed by atoms with Crippen molar-refractivity contribution in [1.82, 2.24) is 9.62 Å². The highest BCUT2D eigenvalue weighted by Gasteiger charge is 2.30. The van der Waals surface area contributed by atoms with E-state index >= 15 is 0 Å². The second kappa shape index (κ2) is 10.0. The lowest BCUT2D eigenvalue weighted by atomic mass is 10.0. The van der Waals surface area contributed by atoms with Crippen LogP contribution < -0.4 is 15.4 Å². The number of sulfonamides is 1. The first-order valence-corrected chi connectivity index (χ1v) is 11.0. The number of ether oxygens (including phenoxy) is 2. The average Bonchev–Trinajstić information content (AvgIpc) is 2.67. The van der Waals surface area contributed by atoms with E-state index in [1.807, 2.05) is 13.8 Å². The highest BCUT2D eigenvalue weighted by Crippen LogP contribution is 2.30. The van der Waals surface area contributed by atoms with Gasteiger partial charge in [-0.25, -0.2) is 8.42 Å². The molecule has 1 aliphatic heterocycles. The van der Waals surface area contributed by atoms with Gasteiger partial charge in [0.15, 0.2) is 0 Å². The molecule has 0 bridgehead atoms. The van der Waals surface area contributed by atoms with E-state index < -0.39 is 22.0 Å². The summed E-state index contributed by atoms with van der Waals surface area (Å²) >= 11 is 0. The van der Waals surface area contributed by atoms with Crippen LogP contribution >= 0.6 is 0 Å². The lowest BCUT2D eigenvalue weighted by molar-refractivity contribution is -0.126. The summed E-state index contributed by atoms with van der Waals surface area (Å²) in [5.41, 5.74) is 0.307. The van der Waals surface area contributed by atoms with E-state index in [0.29, 0.717) is 25.5 Å². The molecule has 0 spiro atoms. The van der Waals surface area contributed by atoms with E-state index in [0.717, 1.165) is 0 Å². The Balaban J connectivity index is 2.34. The first-order valence-electron chi connectivity index (χ1n) is 9.59. The van der Waals surface area contributed by atoms with Gasteiger partial charge in [0.2, 0.25) is 21.8 Å². The summed E-state index contributed by atoms with van der Waals surface area (Å²) in [6.45, 7) is 8.19. The zero-order chi connectivity index (χ0) is 21.6. The molecule has 1 saturated heterocycles. The molecule has 10 heteroatoms. The van der Waals surface area contributed by atoms with E-state index in [9.17, 15) is 18.0 Å². The molecule has 0 aromatic heterocycles. The Morgan fingerprint density at radius 2 is 1.90 bits per heavy atom. The van der Waals surface area contributed by atoms with Crippen molar-refractivity contribution in [3.8, 4) is 5.75 Å². The largest absolute Gasteiger partial charge is 0.492 e. The number of benzene rings is 1. The van der Waals surface area contributed by atoms with Gasteiger partial charge in [-0.3, -0.25) is 9.59 Å². The van der Waals surface area contributed by atoms with Crippen LogP contribution in [0, 0.1) is 5.92 Å². The predicted molar refractivity (Wildman–Crippen MR) is 108 cm³/mol. The number of hydrogen-bond donors (Lipinski definition) is 2. The number of morpholine rings is 1. The van der Waals surface area contributed by atoms with E-state index in [4.69, 9.17) is 9.47 Å². The summed E-state index contributed by atoms with van der Waals surface area (Å²) < 4.78 is 38.3. The topological polar surface area (TPSA) is 114 Å². The van der Waals surface area contributed by atoms with Crippen molar-refractivity contribution < 1.29 is 27.5 Å². The fourth-order valence-electron chi connectivity index (χ4n) is 2.96. The van der Waals surface area contributed by atoms with Gasteiger partial charge in [-0.1, -0.05) is 13.8 Å². The van der Waals surface area contributed by atoms with Gasteiger partial charge in [-0.05, 0) is 31.0 Å². The number of carbonyl (C=O) groups is 2. The molecular formula is C19H29N3O6S. The monoisotopic (exact) mass is 427 g/mol. The summed E-state index contributed by atoms with van der Waals surface area (Å²) in [7, 11) is -3.82. The Bertz CT molecular complexity index is 834. The third-order valence-electron chi connectivity index (χ3n) is 4.41. The first-order chi connectivity index (χ1) is 13.7. The number of amides is 2. The van der Waals surface area contributed by atoms with Crippen molar-refractivity contribution in [1.29, 1.82) is 0 Å². The first kappa shape index (κ1) is 23.1. The van der Waals surface area contributed by atoms with E-state index in [1.165, 1.54) is 23.4 Å². The van der Waals surface area contributed by atoms with Crippen molar-refractivity contribution in [3.05, 3.63) is 18.2 Å². The minimum absolute atomic E-state index is 0.0142. The fraction of sp³-hybridized carbons (Fsp3) is 0.579. The number of hydrogen-bond acceptors (Lipinski definition) is 6. The minimum atomic E-state index is -3.82. The molecule has 2 rings (SSSR count). The standard InChI is InChI=1S/C19H29N3O6S/c1-5-28-16-7-6-15(21-19(24)18(13(2)3)20-14(4)23)12-17(16)29(25,26)22-8-10-27-11-9-22/h6-7,12-13,18H,5,8-11H2,1-4H3,(H,20,23)(H,21,24)/t18-/m1/s1. The predicted octanol–water partition coefficient (Wildman–Crippen LogP) is 1.21. The van der Waals surface area contributed by atoms with Crippen LogP contribution in [0.5, 0.6) is 5.75 Å². The number of anilines is 1. The smallest absolute Gasteiger partial charge is 0.247 e. The summed E-state index contributed by atoms with van der Waals surface area (Å²) in [5, 5.41) is 5.31. The van der Waals surface area contributed by atoms with Crippen LogP contribution in [0.25, 0.3) is 0 Å². The molecule has 2 N–H and O–H groups in total. The fourth-order valence-corrected chi connectivity index (χ4v) is 4.53. The molecule has 2 amide bonds. The lowest BCUT2D eigenvalue weighted by Crippen LogP contribution is -2.46. The van der Waals surface area contributed by atoms with E-state index in [-0.39, 0.29) is 35.6 Å². The highest BCUT2D eigenvalue weighted by atomic mass is 32.2. The summed E-state index contributed by atoms with van der Waals surface area (Å²) in [6, 6.07) is 3.75. The van der Waals surface area contributed by atoms with Crippen molar-refractivity contribution in [2.24, 2.45) is 5.92 Å². The molecular weight excluding hydrogens is 398 g/mol. The molecule has 1 aliphatic rings. The maximum atomic E-state index is 13.1. The molecule has 0 aliphatic carbocycles. The van der Waals surface area contributed by atoms with Crippen molar-refractivity contribution in [3.63, 3.8) is 0 Å². The second-order valence-corrected chi connectivity index (χ2v) is 8.93. The molecule has 0 saturated carbocycles. The zero-order valence-corrected chi connectivity index (χ0v) is 18.0. The Labute approximate surface area is 171 Å². The van der Waals surface area contributed by atoms with Crippen molar-refractivity contribution >= 4 is 27.5 Å². The quantitative estimate of drug-likeness (QED) is 0.645. The van der Waals surface area contributed by atoms with E-state index in [1.54, 1.807) is 13.0 Å². The van der Waals surface area contributed by atoms with Crippen LogP contribution in [0.4, 0.5) is 5.69 Å². The van der Waals surface area contributed by atoms with Gasteiger partial charge in [0.05, 0.1) is 19.8 Å². The third kappa shape index (κ3) is 5.91. The number of nitrogens with one attached hydrogen (secondary N) is 2. The molecule has 1 aromatic carbocycles. The van der Waals surface area contributed by atoms with Crippen LogP contribution in [0.1, 0.15) is 27.7 Å². The molecule has 1 aromatic rings. The maximum Gasteiger partial charge on any atom is 0.247 e. The lowest BCUT2D eigenvalue weighted by Gasteiger charge is -2.27. The van der Waals surface area contributed by atoms with Gasteiger partial charge >= 0.3 is 0 Å². The molecule has 1 atom stereocenters. The molecule has 1 heterocycles. The van der Waals surface area contributed by atoms with Gasteiger partial charge in [0.1, 0.15) is 16.7 Å². The minimum Gasteiger partial charge on any atom is -0.492 e. The summed E-state index contributed by atoms with van der Waals surface area (Å²) in [4.78, 5) is 24.0. The Morgan fingerprint density at radius 1 is 1.24 bits per heavy atom. The Hall–Kier alpha value is -2.17. The van der Waals surface area contributed by atoms with Gasteiger partial charge in [-0.2, -0.15) is 4.31 Å². The van der Waals surface area contributed by atoms with Crippen molar-refractivity contribution in [2.45, 2.75) is 38.6 Å². The number of nitrogens with zero attached hydrogens (tertiary/aromatic N) is 1. The molecule has 162 valence electrons. The van der Waals surface area contributed by atoms with Gasteiger partial charge in [0, 0.05) is 25.7 Å². The van der Waals surface area contributed by atoms with Crippen LogP contribution in [0.3, 0.4) is 0 Å². The van der Waals surface area contributed by atoms with Gasteiger partial charge in [0.25, 0.3) is 0 Å². The molecule has 0 radical (unpaired) electrons. The molecule has 9 nitrogen and oxygen atoms in total. The van der Waals surface area contributed by atoms with Crippen LogP contribution in [0.15, 0.2) is 23.1 Å². The summed E-state index contributed by atoms with van der Waals surface area (Å²) in [6.07, 6.45) is 0. The van der Waals surface area contributed by atoms with Gasteiger partial charge in [-0.15, -0.1) is 0 Å². The maximum absolute atomic E-state index is 13.1. The van der Waals surface area contributed by atoms with Gasteiger partial charge < -0.3 is 20.1 Å². The Morgan fingerprint density at radius 3 is 2.45 bits per heavy atom. The van der Waals surface area contributed by atoms with Crippen molar-refractivity contribution in [2.75, 3.05) is 38.2 Å². The molecule has 0 unspecified atom stereocenters. The van der Waals surface area contributed by atoms with Crippen LogP contribution in [0.2, 0.25) is 0 Å². The van der Waals surface area contributed by atoms with Crippen LogP contribution in [-0.2, 0) is 24.3 Å². The van der Waals surface area contributed by atoms with Crippen LogP contribution in [-0.4, -0.2) is 63.5 Å².